The van der Waals surface area contributed by atoms with Gasteiger partial charge in [-0.3, -0.25) is 0 Å². The predicted molar refractivity (Wildman–Crippen MR) is 58.3 cm³/mol. The Hall–Kier alpha value is 0.720. The lowest BCUT2D eigenvalue weighted by atomic mass is 10.6. The van der Waals surface area contributed by atoms with Crippen molar-refractivity contribution in [3.8, 4) is 0 Å². The van der Waals surface area contributed by atoms with Crippen molar-refractivity contribution in [2.75, 3.05) is 24.6 Å². The molecule has 0 heterocycles. The fourth-order valence-corrected chi connectivity index (χ4v) is 5.75. The molecular formula is C10H24ClP. The van der Waals surface area contributed by atoms with Gasteiger partial charge in [-0.05, 0) is 26.7 Å². The zero-order chi connectivity index (χ0) is 8.74. The highest BCUT2D eigenvalue weighted by atomic mass is 35.5. The highest BCUT2D eigenvalue weighted by Gasteiger charge is 2.30. The second-order valence-corrected chi connectivity index (χ2v) is 8.26. The van der Waals surface area contributed by atoms with Crippen LogP contribution in [-0.4, -0.2) is 24.6 Å². The van der Waals surface area contributed by atoms with Crippen molar-refractivity contribution in [3.63, 3.8) is 0 Å². The summed E-state index contributed by atoms with van der Waals surface area (Å²) in [6.07, 6.45) is 8.82. The molecule has 0 aromatic heterocycles. The summed E-state index contributed by atoms with van der Waals surface area (Å²) in [6, 6.07) is 0. The van der Waals surface area contributed by atoms with E-state index in [1.54, 1.807) is 0 Å². The molecule has 0 nitrogen and oxygen atoms in total. The van der Waals surface area contributed by atoms with Gasteiger partial charge in [0.2, 0.25) is 0 Å². The van der Waals surface area contributed by atoms with E-state index in [9.17, 15) is 0 Å². The van der Waals surface area contributed by atoms with E-state index in [0.29, 0.717) is 0 Å². The van der Waals surface area contributed by atoms with Crippen molar-refractivity contribution in [3.05, 3.63) is 0 Å². The normalized spacial score (nSPS) is 11.0. The summed E-state index contributed by atoms with van der Waals surface area (Å²) in [4.78, 5) is 0. The first-order valence-corrected chi connectivity index (χ1v) is 7.62. The highest BCUT2D eigenvalue weighted by molar-refractivity contribution is 7.75. The molecule has 0 N–H and O–H groups in total. The third kappa shape index (κ3) is 4.67. The first kappa shape index (κ1) is 15.2. The van der Waals surface area contributed by atoms with E-state index in [1.807, 2.05) is 0 Å². The number of rotatable bonds is 6. The molecule has 0 rings (SSSR count). The van der Waals surface area contributed by atoms with Crippen LogP contribution in [0.2, 0.25) is 0 Å². The third-order valence-electron chi connectivity index (χ3n) is 2.74. The Morgan fingerprint density at radius 2 is 1.08 bits per heavy atom. The molecule has 0 fully saturated rings. The molecule has 0 aliphatic carbocycles. The maximum atomic E-state index is 2.39. The Morgan fingerprint density at radius 3 is 1.25 bits per heavy atom. The van der Waals surface area contributed by atoms with Crippen LogP contribution in [0.5, 0.6) is 0 Å². The van der Waals surface area contributed by atoms with E-state index in [-0.39, 0.29) is 12.4 Å². The third-order valence-corrected chi connectivity index (χ3v) is 8.21. The van der Waals surface area contributed by atoms with E-state index in [0.717, 1.165) is 0 Å². The molecule has 0 unspecified atom stereocenters. The largest absolute Gasteiger partial charge is 1.00 e. The number of halogens is 1. The molecule has 0 aliphatic heterocycles. The average Bonchev–Trinajstić information content (AvgIpc) is 2.04. The van der Waals surface area contributed by atoms with Gasteiger partial charge in [0.05, 0.1) is 24.6 Å². The lowest BCUT2D eigenvalue weighted by Crippen LogP contribution is -3.00. The van der Waals surface area contributed by atoms with Crippen molar-refractivity contribution in [2.45, 2.75) is 40.5 Å². The molecule has 0 saturated heterocycles. The van der Waals surface area contributed by atoms with Crippen LogP contribution in [0.3, 0.4) is 0 Å². The van der Waals surface area contributed by atoms with Crippen molar-refractivity contribution in [1.82, 2.24) is 0 Å². The first-order valence-electron chi connectivity index (χ1n) is 5.09. The Bertz CT molecular complexity index is 81.8. The molecule has 2 heteroatoms. The molecule has 12 heavy (non-hydrogen) atoms. The fraction of sp³-hybridized carbons (Fsp3) is 1.00. The van der Waals surface area contributed by atoms with Crippen LogP contribution >= 0.6 is 7.26 Å². The van der Waals surface area contributed by atoms with Crippen LogP contribution in [0.1, 0.15) is 40.5 Å². The van der Waals surface area contributed by atoms with Gasteiger partial charge in [-0.25, -0.2) is 0 Å². The topological polar surface area (TPSA) is 0 Å². The Morgan fingerprint density at radius 1 is 0.750 bits per heavy atom. The minimum Gasteiger partial charge on any atom is -1.00 e. The van der Waals surface area contributed by atoms with Gasteiger partial charge in [-0.15, -0.1) is 0 Å². The lowest BCUT2D eigenvalue weighted by Gasteiger charge is -2.23. The average molecular weight is 211 g/mol. The van der Waals surface area contributed by atoms with Gasteiger partial charge in [0.1, 0.15) is 0 Å². The molecule has 0 spiro atoms. The van der Waals surface area contributed by atoms with Gasteiger partial charge in [-0.2, -0.15) is 0 Å². The quantitative estimate of drug-likeness (QED) is 0.571. The highest BCUT2D eigenvalue weighted by Crippen LogP contribution is 2.58. The summed E-state index contributed by atoms with van der Waals surface area (Å²) >= 11 is 0. The van der Waals surface area contributed by atoms with Crippen LogP contribution in [-0.2, 0) is 0 Å². The predicted octanol–water partition coefficient (Wildman–Crippen LogP) is 0.868. The smallest absolute Gasteiger partial charge is 0.0591 e. The SMILES string of the molecule is CCC[P+](CC)(CC)CCC.[Cl-]. The molecule has 0 atom stereocenters. The maximum Gasteiger partial charge on any atom is 0.0591 e. The van der Waals surface area contributed by atoms with Crippen LogP contribution in [0.15, 0.2) is 0 Å². The molecule has 0 saturated carbocycles. The van der Waals surface area contributed by atoms with Crippen LogP contribution in [0.25, 0.3) is 0 Å². The zero-order valence-corrected chi connectivity index (χ0v) is 10.7. The van der Waals surface area contributed by atoms with Gasteiger partial charge in [0, 0.05) is 7.26 Å². The zero-order valence-electron chi connectivity index (χ0n) is 9.07. The minimum absolute atomic E-state index is 0. The molecular weight excluding hydrogens is 187 g/mol. The van der Waals surface area contributed by atoms with Crippen molar-refractivity contribution >= 4 is 7.26 Å². The van der Waals surface area contributed by atoms with Crippen molar-refractivity contribution in [2.24, 2.45) is 0 Å². The van der Waals surface area contributed by atoms with Gasteiger partial charge < -0.3 is 12.4 Å². The van der Waals surface area contributed by atoms with Crippen LogP contribution < -0.4 is 12.4 Å². The molecule has 76 valence electrons. The standard InChI is InChI=1S/C10H24P.ClH/c1-5-9-11(7-3,8-4)10-6-2;/h5-10H2,1-4H3;1H/q+1;/p-1. The molecule has 0 amide bonds. The summed E-state index contributed by atoms with van der Waals surface area (Å²) in [5, 5.41) is 0. The Balaban J connectivity index is 0. The number of hydrogen-bond acceptors (Lipinski definition) is 0. The van der Waals surface area contributed by atoms with E-state index in [2.05, 4.69) is 27.7 Å². The van der Waals surface area contributed by atoms with Crippen LogP contribution in [0.4, 0.5) is 0 Å². The molecule has 0 bridgehead atoms. The van der Waals surface area contributed by atoms with Gasteiger partial charge in [-0.1, -0.05) is 13.8 Å². The summed E-state index contributed by atoms with van der Waals surface area (Å²) in [5.41, 5.74) is 0. The van der Waals surface area contributed by atoms with Gasteiger partial charge in [0.25, 0.3) is 0 Å². The molecule has 0 aliphatic rings. The Kier molecular flexibility index (Phi) is 10.5. The molecule has 0 aromatic rings. The molecule has 0 aromatic carbocycles. The maximum absolute atomic E-state index is 2.39. The van der Waals surface area contributed by atoms with E-state index < -0.39 is 7.26 Å². The van der Waals surface area contributed by atoms with E-state index in [4.69, 9.17) is 0 Å². The first-order chi connectivity index (χ1) is 5.24. The number of hydrogen-bond donors (Lipinski definition) is 0. The van der Waals surface area contributed by atoms with Gasteiger partial charge >= 0.3 is 0 Å². The lowest BCUT2D eigenvalue weighted by molar-refractivity contribution is -0.00000269. The van der Waals surface area contributed by atoms with Gasteiger partial charge in [0.15, 0.2) is 0 Å². The van der Waals surface area contributed by atoms with Crippen molar-refractivity contribution < 1.29 is 12.4 Å². The van der Waals surface area contributed by atoms with Crippen molar-refractivity contribution in [1.29, 1.82) is 0 Å². The summed E-state index contributed by atoms with van der Waals surface area (Å²) in [7, 11) is -0.458. The Labute approximate surface area is 85.3 Å². The second kappa shape index (κ2) is 8.32. The van der Waals surface area contributed by atoms with E-state index >= 15 is 0 Å². The second-order valence-electron chi connectivity index (χ2n) is 3.42. The summed E-state index contributed by atoms with van der Waals surface area (Å²) < 4.78 is 0. The summed E-state index contributed by atoms with van der Waals surface area (Å²) in [6.45, 7) is 9.44. The molecule has 0 radical (unpaired) electrons. The van der Waals surface area contributed by atoms with E-state index in [1.165, 1.54) is 37.5 Å². The van der Waals surface area contributed by atoms with Crippen LogP contribution in [0, 0.1) is 0 Å². The monoisotopic (exact) mass is 210 g/mol. The summed E-state index contributed by atoms with van der Waals surface area (Å²) in [5.74, 6) is 0. The fourth-order valence-electron chi connectivity index (χ4n) is 1.92. The minimum atomic E-state index is -0.458.